The van der Waals surface area contributed by atoms with Crippen molar-refractivity contribution < 1.29 is 23.8 Å². The average Bonchev–Trinajstić information content (AvgIpc) is 2.38. The van der Waals surface area contributed by atoms with Crippen molar-refractivity contribution in [2.75, 3.05) is 25.6 Å². The summed E-state index contributed by atoms with van der Waals surface area (Å²) in [6.07, 6.45) is -0.715. The molecule has 0 fully saturated rings. The number of hydrogen-bond donors (Lipinski definition) is 1. The maximum atomic E-state index is 11.3. The second-order valence-electron chi connectivity index (χ2n) is 3.23. The van der Waals surface area contributed by atoms with Crippen molar-refractivity contribution in [1.82, 2.24) is 0 Å². The standard InChI is InChI=1S/C12H15NO5/c1-3-17-11(14)8-18-12(15)13-9-4-6-10(16-2)7-5-9/h4-7H,3,8H2,1-2H3,(H,13,15). The van der Waals surface area contributed by atoms with E-state index in [1.165, 1.54) is 0 Å². The predicted molar refractivity (Wildman–Crippen MR) is 64.6 cm³/mol. The first kappa shape index (κ1) is 13.8. The number of carbonyl (C=O) groups is 2. The molecule has 0 bridgehead atoms. The van der Waals surface area contributed by atoms with Crippen molar-refractivity contribution >= 4 is 17.7 Å². The summed E-state index contributed by atoms with van der Waals surface area (Å²) >= 11 is 0. The van der Waals surface area contributed by atoms with Crippen molar-refractivity contribution in [2.45, 2.75) is 6.92 Å². The van der Waals surface area contributed by atoms with E-state index in [-0.39, 0.29) is 6.61 Å². The van der Waals surface area contributed by atoms with Gasteiger partial charge in [0.1, 0.15) is 5.75 Å². The third-order valence-corrected chi connectivity index (χ3v) is 1.96. The number of carbonyl (C=O) groups excluding carboxylic acids is 2. The van der Waals surface area contributed by atoms with Gasteiger partial charge in [0.2, 0.25) is 0 Å². The van der Waals surface area contributed by atoms with Crippen LogP contribution in [0.25, 0.3) is 0 Å². The average molecular weight is 253 g/mol. The molecule has 98 valence electrons. The Labute approximate surface area is 105 Å². The van der Waals surface area contributed by atoms with Gasteiger partial charge >= 0.3 is 12.1 Å². The van der Waals surface area contributed by atoms with E-state index in [9.17, 15) is 9.59 Å². The van der Waals surface area contributed by atoms with E-state index >= 15 is 0 Å². The number of nitrogens with one attached hydrogen (secondary N) is 1. The maximum absolute atomic E-state index is 11.3. The SMILES string of the molecule is CCOC(=O)COC(=O)Nc1ccc(OC)cc1. The van der Waals surface area contributed by atoms with E-state index in [0.29, 0.717) is 11.4 Å². The first-order chi connectivity index (χ1) is 8.65. The van der Waals surface area contributed by atoms with Gasteiger partial charge in [0, 0.05) is 5.69 Å². The highest BCUT2D eigenvalue weighted by molar-refractivity contribution is 5.86. The lowest BCUT2D eigenvalue weighted by Crippen LogP contribution is -2.20. The third-order valence-electron chi connectivity index (χ3n) is 1.96. The van der Waals surface area contributed by atoms with Gasteiger partial charge in [-0.2, -0.15) is 0 Å². The van der Waals surface area contributed by atoms with Crippen LogP contribution in [0.15, 0.2) is 24.3 Å². The topological polar surface area (TPSA) is 73.9 Å². The molecule has 1 aromatic carbocycles. The molecule has 6 nitrogen and oxygen atoms in total. The molecule has 0 aromatic heterocycles. The second-order valence-corrected chi connectivity index (χ2v) is 3.23. The molecule has 0 aliphatic heterocycles. The van der Waals surface area contributed by atoms with Crippen LogP contribution in [0.3, 0.4) is 0 Å². The molecule has 6 heteroatoms. The lowest BCUT2D eigenvalue weighted by Gasteiger charge is -2.07. The molecule has 0 saturated heterocycles. The summed E-state index contributed by atoms with van der Waals surface area (Å²) in [6, 6.07) is 6.71. The fraction of sp³-hybridized carbons (Fsp3) is 0.333. The van der Waals surface area contributed by atoms with Gasteiger partial charge in [-0.25, -0.2) is 9.59 Å². The first-order valence-corrected chi connectivity index (χ1v) is 5.39. The van der Waals surface area contributed by atoms with Crippen LogP contribution < -0.4 is 10.1 Å². The van der Waals surface area contributed by atoms with Crippen LogP contribution in [-0.4, -0.2) is 32.4 Å². The molecule has 0 saturated carbocycles. The minimum absolute atomic E-state index is 0.252. The summed E-state index contributed by atoms with van der Waals surface area (Å²) in [5.74, 6) is 0.0998. The molecular weight excluding hydrogens is 238 g/mol. The number of methoxy groups -OCH3 is 1. The lowest BCUT2D eigenvalue weighted by atomic mass is 10.3. The molecule has 1 aromatic rings. The van der Waals surface area contributed by atoms with Crippen molar-refractivity contribution in [3.8, 4) is 5.75 Å². The van der Waals surface area contributed by atoms with Crippen molar-refractivity contribution in [2.24, 2.45) is 0 Å². The monoisotopic (exact) mass is 253 g/mol. The molecule has 0 unspecified atom stereocenters. The zero-order valence-electron chi connectivity index (χ0n) is 10.3. The number of anilines is 1. The van der Waals surface area contributed by atoms with Gasteiger partial charge in [-0.15, -0.1) is 0 Å². The fourth-order valence-corrected chi connectivity index (χ4v) is 1.16. The van der Waals surface area contributed by atoms with Gasteiger partial charge in [0.15, 0.2) is 6.61 Å². The number of esters is 1. The van der Waals surface area contributed by atoms with E-state index < -0.39 is 18.7 Å². The zero-order valence-corrected chi connectivity index (χ0v) is 10.3. The van der Waals surface area contributed by atoms with E-state index in [1.54, 1.807) is 38.3 Å². The number of amides is 1. The lowest BCUT2D eigenvalue weighted by molar-refractivity contribution is -0.146. The number of benzene rings is 1. The normalized spacial score (nSPS) is 9.44. The summed E-state index contributed by atoms with van der Waals surface area (Å²) < 4.78 is 14.2. The van der Waals surface area contributed by atoms with Crippen LogP contribution in [0.5, 0.6) is 5.75 Å². The van der Waals surface area contributed by atoms with Gasteiger partial charge in [-0.3, -0.25) is 5.32 Å². The van der Waals surface area contributed by atoms with Crippen LogP contribution in [0.2, 0.25) is 0 Å². The summed E-state index contributed by atoms with van der Waals surface area (Å²) in [6.45, 7) is 1.52. The summed E-state index contributed by atoms with van der Waals surface area (Å²) in [7, 11) is 1.55. The molecule has 0 heterocycles. The predicted octanol–water partition coefficient (Wildman–Crippen LogP) is 1.81. The van der Waals surface area contributed by atoms with Gasteiger partial charge in [-0.05, 0) is 31.2 Å². The van der Waals surface area contributed by atoms with Crippen LogP contribution in [0.1, 0.15) is 6.92 Å². The quantitative estimate of drug-likeness (QED) is 0.810. The Morgan fingerprint density at radius 2 is 1.83 bits per heavy atom. The molecule has 0 aliphatic carbocycles. The van der Waals surface area contributed by atoms with E-state index in [1.807, 2.05) is 0 Å². The van der Waals surface area contributed by atoms with E-state index in [2.05, 4.69) is 14.8 Å². The summed E-state index contributed by atoms with van der Waals surface area (Å²) in [5.41, 5.74) is 0.546. The Morgan fingerprint density at radius 1 is 1.17 bits per heavy atom. The minimum Gasteiger partial charge on any atom is -0.497 e. The molecule has 1 N–H and O–H groups in total. The summed E-state index contributed by atoms with van der Waals surface area (Å²) in [5, 5.41) is 2.47. The highest BCUT2D eigenvalue weighted by atomic mass is 16.6. The Balaban J connectivity index is 2.37. The third kappa shape index (κ3) is 4.73. The Hall–Kier alpha value is -2.24. The summed E-state index contributed by atoms with van der Waals surface area (Å²) in [4.78, 5) is 22.2. The molecule has 0 aliphatic rings. The Morgan fingerprint density at radius 3 is 2.39 bits per heavy atom. The fourth-order valence-electron chi connectivity index (χ4n) is 1.16. The molecular formula is C12H15NO5. The van der Waals surface area contributed by atoms with E-state index in [0.717, 1.165) is 0 Å². The smallest absolute Gasteiger partial charge is 0.412 e. The van der Waals surface area contributed by atoms with Crippen LogP contribution >= 0.6 is 0 Å². The highest BCUT2D eigenvalue weighted by Crippen LogP contribution is 2.14. The van der Waals surface area contributed by atoms with Crippen LogP contribution in [-0.2, 0) is 14.3 Å². The number of rotatable bonds is 5. The largest absolute Gasteiger partial charge is 0.497 e. The van der Waals surface area contributed by atoms with Gasteiger partial charge < -0.3 is 14.2 Å². The maximum Gasteiger partial charge on any atom is 0.412 e. The van der Waals surface area contributed by atoms with Crippen molar-refractivity contribution in [3.05, 3.63) is 24.3 Å². The number of ether oxygens (including phenoxy) is 3. The Bertz CT molecular complexity index is 401. The molecule has 0 atom stereocenters. The van der Waals surface area contributed by atoms with Crippen molar-refractivity contribution in [3.63, 3.8) is 0 Å². The van der Waals surface area contributed by atoms with Crippen LogP contribution in [0, 0.1) is 0 Å². The van der Waals surface area contributed by atoms with Gasteiger partial charge in [-0.1, -0.05) is 0 Å². The number of hydrogen-bond acceptors (Lipinski definition) is 5. The molecule has 0 radical (unpaired) electrons. The minimum atomic E-state index is -0.715. The zero-order chi connectivity index (χ0) is 13.4. The molecule has 1 amide bonds. The van der Waals surface area contributed by atoms with Gasteiger partial charge in [0.05, 0.1) is 13.7 Å². The molecule has 18 heavy (non-hydrogen) atoms. The van der Waals surface area contributed by atoms with Gasteiger partial charge in [0.25, 0.3) is 0 Å². The highest BCUT2D eigenvalue weighted by Gasteiger charge is 2.07. The van der Waals surface area contributed by atoms with Crippen LogP contribution in [0.4, 0.5) is 10.5 Å². The molecule has 0 spiro atoms. The van der Waals surface area contributed by atoms with E-state index in [4.69, 9.17) is 4.74 Å². The first-order valence-electron chi connectivity index (χ1n) is 5.39. The second kappa shape index (κ2) is 7.16. The van der Waals surface area contributed by atoms with Crippen molar-refractivity contribution in [1.29, 1.82) is 0 Å². The molecule has 1 rings (SSSR count). The Kier molecular flexibility index (Phi) is 5.50.